The maximum Gasteiger partial charge on any atom is 0.270 e. The minimum absolute atomic E-state index is 0.0575. The van der Waals surface area contributed by atoms with E-state index in [0.717, 1.165) is 29.7 Å². The summed E-state index contributed by atoms with van der Waals surface area (Å²) in [6, 6.07) is 16.3. The number of aromatic amines is 1. The number of nitrogens with one attached hydrogen (secondary N) is 1. The van der Waals surface area contributed by atoms with Gasteiger partial charge in [-0.1, -0.05) is 18.2 Å². The Hall–Kier alpha value is -2.95. The number of piperazine rings is 1. The largest absolute Gasteiger partial charge is 0.497 e. The molecule has 1 amide bonds. The number of anilines is 1. The molecule has 1 unspecified atom stereocenters. The lowest BCUT2D eigenvalue weighted by Gasteiger charge is -2.41. The van der Waals surface area contributed by atoms with Crippen molar-refractivity contribution in [3.63, 3.8) is 0 Å². The number of fused-ring (bicyclic) bond motifs is 1. The van der Waals surface area contributed by atoms with Gasteiger partial charge in [-0.2, -0.15) is 0 Å². The highest BCUT2D eigenvalue weighted by molar-refractivity contribution is 5.98. The normalized spacial score (nSPS) is 17.4. The van der Waals surface area contributed by atoms with E-state index >= 15 is 0 Å². The van der Waals surface area contributed by atoms with Crippen molar-refractivity contribution in [2.24, 2.45) is 0 Å². The standard InChI is InChI=1S/C22H25N3O2/c1-15-6-4-5-7-21(15)24-10-11-25(16(2)14-24)22(26)20-13-17-12-18(27-3)8-9-19(17)23-20/h4-9,12-13,16,23H,10-11,14H2,1-3H3. The van der Waals surface area contributed by atoms with Gasteiger partial charge in [0.2, 0.25) is 0 Å². The van der Waals surface area contributed by atoms with Crippen LogP contribution in [0.15, 0.2) is 48.5 Å². The second kappa shape index (κ2) is 6.99. The molecule has 0 spiro atoms. The highest BCUT2D eigenvalue weighted by Gasteiger charge is 2.29. The minimum atomic E-state index is 0.0575. The average molecular weight is 363 g/mol. The molecule has 0 bridgehead atoms. The Kier molecular flexibility index (Phi) is 4.52. The molecule has 1 N–H and O–H groups in total. The Labute approximate surface area is 159 Å². The van der Waals surface area contributed by atoms with E-state index in [2.05, 4.69) is 48.0 Å². The molecular formula is C22H25N3O2. The van der Waals surface area contributed by atoms with Crippen LogP contribution >= 0.6 is 0 Å². The first kappa shape index (κ1) is 17.5. The second-order valence-corrected chi connectivity index (χ2v) is 7.22. The molecule has 140 valence electrons. The SMILES string of the molecule is COc1ccc2[nH]c(C(=O)N3CCN(c4ccccc4C)CC3C)cc2c1. The molecule has 0 saturated carbocycles. The Morgan fingerprint density at radius 3 is 2.70 bits per heavy atom. The molecule has 5 nitrogen and oxygen atoms in total. The molecule has 1 atom stereocenters. The van der Waals surface area contributed by atoms with Crippen LogP contribution in [-0.2, 0) is 0 Å². The molecule has 1 aliphatic heterocycles. The number of amides is 1. The van der Waals surface area contributed by atoms with Crippen molar-refractivity contribution in [1.82, 2.24) is 9.88 Å². The zero-order valence-electron chi connectivity index (χ0n) is 16.0. The first-order valence-electron chi connectivity index (χ1n) is 9.35. The van der Waals surface area contributed by atoms with Crippen LogP contribution in [0.25, 0.3) is 10.9 Å². The molecular weight excluding hydrogens is 338 g/mol. The van der Waals surface area contributed by atoms with Gasteiger partial charge < -0.3 is 19.5 Å². The number of aromatic nitrogens is 1. The molecule has 1 saturated heterocycles. The third-order valence-electron chi connectivity index (χ3n) is 5.40. The van der Waals surface area contributed by atoms with E-state index in [4.69, 9.17) is 4.74 Å². The van der Waals surface area contributed by atoms with E-state index in [1.165, 1.54) is 11.3 Å². The van der Waals surface area contributed by atoms with Crippen molar-refractivity contribution in [3.8, 4) is 5.75 Å². The van der Waals surface area contributed by atoms with Crippen LogP contribution in [0.2, 0.25) is 0 Å². The maximum absolute atomic E-state index is 13.1. The van der Waals surface area contributed by atoms with E-state index in [0.29, 0.717) is 12.2 Å². The van der Waals surface area contributed by atoms with Crippen LogP contribution in [0.4, 0.5) is 5.69 Å². The number of aryl methyl sites for hydroxylation is 1. The van der Waals surface area contributed by atoms with Crippen molar-refractivity contribution in [1.29, 1.82) is 0 Å². The van der Waals surface area contributed by atoms with Crippen LogP contribution in [0.3, 0.4) is 0 Å². The number of hydrogen-bond donors (Lipinski definition) is 1. The summed E-state index contributed by atoms with van der Waals surface area (Å²) in [6.45, 7) is 6.65. The van der Waals surface area contributed by atoms with E-state index in [1.54, 1.807) is 7.11 Å². The van der Waals surface area contributed by atoms with Gasteiger partial charge in [-0.15, -0.1) is 0 Å². The fourth-order valence-corrected chi connectivity index (χ4v) is 3.90. The fourth-order valence-electron chi connectivity index (χ4n) is 3.90. The summed E-state index contributed by atoms with van der Waals surface area (Å²) in [6.07, 6.45) is 0. The predicted molar refractivity (Wildman–Crippen MR) is 109 cm³/mol. The minimum Gasteiger partial charge on any atom is -0.497 e. The first-order chi connectivity index (χ1) is 13.1. The Balaban J connectivity index is 1.52. The lowest BCUT2D eigenvalue weighted by molar-refractivity contribution is 0.0669. The van der Waals surface area contributed by atoms with Gasteiger partial charge in [0.1, 0.15) is 11.4 Å². The molecule has 27 heavy (non-hydrogen) atoms. The van der Waals surface area contributed by atoms with Crippen molar-refractivity contribution in [2.75, 3.05) is 31.6 Å². The van der Waals surface area contributed by atoms with Crippen LogP contribution in [0.1, 0.15) is 23.0 Å². The third-order valence-corrected chi connectivity index (χ3v) is 5.40. The summed E-state index contributed by atoms with van der Waals surface area (Å²) in [4.78, 5) is 20.7. The fraction of sp³-hybridized carbons (Fsp3) is 0.318. The van der Waals surface area contributed by atoms with E-state index in [-0.39, 0.29) is 11.9 Å². The van der Waals surface area contributed by atoms with Gasteiger partial charge >= 0.3 is 0 Å². The van der Waals surface area contributed by atoms with E-state index < -0.39 is 0 Å². The predicted octanol–water partition coefficient (Wildman–Crippen LogP) is 3.84. The molecule has 0 aliphatic carbocycles. The number of rotatable bonds is 3. The molecule has 3 aromatic rings. The van der Waals surface area contributed by atoms with Gasteiger partial charge in [0.05, 0.1) is 7.11 Å². The molecule has 2 aromatic carbocycles. The number of hydrogen-bond acceptors (Lipinski definition) is 3. The van der Waals surface area contributed by atoms with Gasteiger partial charge in [0.15, 0.2) is 0 Å². The molecule has 1 aliphatic rings. The molecule has 4 rings (SSSR count). The second-order valence-electron chi connectivity index (χ2n) is 7.22. The number of ether oxygens (including phenoxy) is 1. The Morgan fingerprint density at radius 2 is 1.96 bits per heavy atom. The monoisotopic (exact) mass is 363 g/mol. The van der Waals surface area contributed by atoms with Gasteiger partial charge in [-0.25, -0.2) is 0 Å². The summed E-state index contributed by atoms with van der Waals surface area (Å²) in [7, 11) is 1.65. The van der Waals surface area contributed by atoms with Crippen molar-refractivity contribution >= 4 is 22.5 Å². The number of benzene rings is 2. The van der Waals surface area contributed by atoms with Crippen molar-refractivity contribution in [2.45, 2.75) is 19.9 Å². The summed E-state index contributed by atoms with van der Waals surface area (Å²) in [5.41, 5.74) is 4.11. The average Bonchev–Trinajstić information content (AvgIpc) is 3.11. The number of carbonyl (C=O) groups excluding carboxylic acids is 1. The summed E-state index contributed by atoms with van der Waals surface area (Å²) in [5, 5.41) is 0.990. The van der Waals surface area contributed by atoms with Gasteiger partial charge in [-0.3, -0.25) is 4.79 Å². The summed E-state index contributed by atoms with van der Waals surface area (Å²) < 4.78 is 5.27. The third kappa shape index (κ3) is 3.25. The smallest absolute Gasteiger partial charge is 0.270 e. The van der Waals surface area contributed by atoms with E-state index in [9.17, 15) is 4.79 Å². The highest BCUT2D eigenvalue weighted by atomic mass is 16.5. The number of carbonyl (C=O) groups is 1. The molecule has 0 radical (unpaired) electrons. The van der Waals surface area contributed by atoms with E-state index in [1.807, 2.05) is 29.2 Å². The Bertz CT molecular complexity index is 979. The van der Waals surface area contributed by atoms with Crippen molar-refractivity contribution in [3.05, 3.63) is 59.8 Å². The van der Waals surface area contributed by atoms with Crippen molar-refractivity contribution < 1.29 is 9.53 Å². The number of methoxy groups -OCH3 is 1. The lowest BCUT2D eigenvalue weighted by Crippen LogP contribution is -2.54. The number of para-hydroxylation sites is 1. The van der Waals surface area contributed by atoms with Gasteiger partial charge in [0, 0.05) is 42.3 Å². The van der Waals surface area contributed by atoms with Crippen LogP contribution < -0.4 is 9.64 Å². The van der Waals surface area contributed by atoms with Gasteiger partial charge in [0.25, 0.3) is 5.91 Å². The topological polar surface area (TPSA) is 48.6 Å². The summed E-state index contributed by atoms with van der Waals surface area (Å²) in [5.74, 6) is 0.850. The van der Waals surface area contributed by atoms with Crippen LogP contribution in [0, 0.1) is 6.92 Å². The zero-order chi connectivity index (χ0) is 19.0. The Morgan fingerprint density at radius 1 is 1.15 bits per heavy atom. The highest BCUT2D eigenvalue weighted by Crippen LogP contribution is 2.25. The van der Waals surface area contributed by atoms with Crippen LogP contribution in [-0.4, -0.2) is 48.6 Å². The quantitative estimate of drug-likeness (QED) is 0.769. The molecule has 2 heterocycles. The number of H-pyrrole nitrogens is 1. The number of nitrogens with zero attached hydrogens (tertiary/aromatic N) is 2. The first-order valence-corrected chi connectivity index (χ1v) is 9.35. The maximum atomic E-state index is 13.1. The molecule has 1 fully saturated rings. The summed E-state index contributed by atoms with van der Waals surface area (Å²) >= 11 is 0. The van der Waals surface area contributed by atoms with Gasteiger partial charge in [-0.05, 0) is 49.7 Å². The lowest BCUT2D eigenvalue weighted by atomic mass is 10.1. The van der Waals surface area contributed by atoms with Crippen LogP contribution in [0.5, 0.6) is 5.75 Å². The molecule has 5 heteroatoms. The zero-order valence-corrected chi connectivity index (χ0v) is 16.0. The molecule has 1 aromatic heterocycles.